The Bertz CT molecular complexity index is 489. The zero-order valence-corrected chi connectivity index (χ0v) is 12.2. The van der Waals surface area contributed by atoms with Crippen LogP contribution in [0.25, 0.3) is 0 Å². The number of benzene rings is 1. The summed E-state index contributed by atoms with van der Waals surface area (Å²) in [6.07, 6.45) is 1.25. The fourth-order valence-corrected chi connectivity index (χ4v) is 1.83. The summed E-state index contributed by atoms with van der Waals surface area (Å²) in [6.45, 7) is 1.50. The maximum Gasteiger partial charge on any atom is 0.222 e. The first kappa shape index (κ1) is 16.2. The van der Waals surface area contributed by atoms with Gasteiger partial charge in [0, 0.05) is 39.3 Å². The van der Waals surface area contributed by atoms with Crippen LogP contribution in [-0.2, 0) is 16.1 Å². The van der Waals surface area contributed by atoms with E-state index in [2.05, 4.69) is 11.8 Å². The smallest absolute Gasteiger partial charge is 0.222 e. The molecule has 0 spiro atoms. The molecule has 0 aliphatic rings. The van der Waals surface area contributed by atoms with Crippen LogP contribution in [0.2, 0.25) is 0 Å². The zero-order chi connectivity index (χ0) is 14.8. The van der Waals surface area contributed by atoms with E-state index >= 15 is 0 Å². The third-order valence-corrected chi connectivity index (χ3v) is 2.91. The summed E-state index contributed by atoms with van der Waals surface area (Å²) in [5.74, 6) is 6.00. The van der Waals surface area contributed by atoms with Crippen molar-refractivity contribution in [1.29, 1.82) is 0 Å². The van der Waals surface area contributed by atoms with Gasteiger partial charge in [-0.25, -0.2) is 0 Å². The predicted octanol–water partition coefficient (Wildman–Crippen LogP) is 1.38. The van der Waals surface area contributed by atoms with Crippen molar-refractivity contribution >= 4 is 5.91 Å². The molecule has 0 saturated carbocycles. The molecule has 0 atom stereocenters. The molecular formula is C16H22N2O2. The Kier molecular flexibility index (Phi) is 7.41. The Balaban J connectivity index is 2.65. The average Bonchev–Trinajstić information content (AvgIpc) is 2.46. The lowest BCUT2D eigenvalue weighted by Crippen LogP contribution is -2.26. The summed E-state index contributed by atoms with van der Waals surface area (Å²) >= 11 is 0. The van der Waals surface area contributed by atoms with E-state index in [9.17, 15) is 4.79 Å². The quantitative estimate of drug-likeness (QED) is 0.630. The number of carbonyl (C=O) groups is 1. The van der Waals surface area contributed by atoms with Crippen molar-refractivity contribution in [2.24, 2.45) is 5.73 Å². The molecule has 0 heterocycles. The van der Waals surface area contributed by atoms with Gasteiger partial charge in [-0.2, -0.15) is 0 Å². The monoisotopic (exact) mass is 274 g/mol. The van der Waals surface area contributed by atoms with Crippen molar-refractivity contribution in [3.63, 3.8) is 0 Å². The van der Waals surface area contributed by atoms with Crippen molar-refractivity contribution in [3.8, 4) is 11.8 Å². The minimum atomic E-state index is 0.114. The third kappa shape index (κ3) is 5.43. The molecular weight excluding hydrogens is 252 g/mol. The molecule has 0 aromatic heterocycles. The molecule has 0 unspecified atom stereocenters. The molecule has 1 aromatic carbocycles. The van der Waals surface area contributed by atoms with Crippen LogP contribution >= 0.6 is 0 Å². The van der Waals surface area contributed by atoms with Gasteiger partial charge in [0.2, 0.25) is 5.91 Å². The topological polar surface area (TPSA) is 55.6 Å². The van der Waals surface area contributed by atoms with Gasteiger partial charge < -0.3 is 15.4 Å². The Morgan fingerprint density at radius 1 is 1.40 bits per heavy atom. The van der Waals surface area contributed by atoms with E-state index in [-0.39, 0.29) is 5.91 Å². The first-order valence-corrected chi connectivity index (χ1v) is 6.68. The molecule has 108 valence electrons. The van der Waals surface area contributed by atoms with Crippen LogP contribution in [0.15, 0.2) is 24.3 Å². The minimum Gasteiger partial charge on any atom is -0.385 e. The van der Waals surface area contributed by atoms with Crippen LogP contribution in [-0.4, -0.2) is 38.1 Å². The molecule has 1 amide bonds. The summed E-state index contributed by atoms with van der Waals surface area (Å²) in [5.41, 5.74) is 7.36. The van der Waals surface area contributed by atoms with Gasteiger partial charge in [0.15, 0.2) is 0 Å². The van der Waals surface area contributed by atoms with Gasteiger partial charge in [0.1, 0.15) is 0 Å². The van der Waals surface area contributed by atoms with E-state index in [1.54, 1.807) is 12.0 Å². The average molecular weight is 274 g/mol. The molecule has 4 heteroatoms. The van der Waals surface area contributed by atoms with Gasteiger partial charge in [-0.1, -0.05) is 30.0 Å². The summed E-state index contributed by atoms with van der Waals surface area (Å²) in [6, 6.07) is 7.82. The Morgan fingerprint density at radius 3 is 2.85 bits per heavy atom. The van der Waals surface area contributed by atoms with E-state index in [1.165, 1.54) is 0 Å². The van der Waals surface area contributed by atoms with Crippen LogP contribution in [0.4, 0.5) is 0 Å². The van der Waals surface area contributed by atoms with Gasteiger partial charge in [-0.3, -0.25) is 4.79 Å². The fourth-order valence-electron chi connectivity index (χ4n) is 1.83. The van der Waals surface area contributed by atoms with Crippen molar-refractivity contribution in [2.45, 2.75) is 19.4 Å². The lowest BCUT2D eigenvalue weighted by atomic mass is 10.1. The number of nitrogens with two attached hydrogens (primary N) is 1. The second-order valence-corrected chi connectivity index (χ2v) is 4.51. The second-order valence-electron chi connectivity index (χ2n) is 4.51. The summed E-state index contributed by atoms with van der Waals surface area (Å²) in [7, 11) is 3.45. The SMILES string of the molecule is COCCCC(=O)N(C)Cc1ccccc1C#CCN. The minimum absolute atomic E-state index is 0.114. The highest BCUT2D eigenvalue weighted by molar-refractivity contribution is 5.75. The Labute approximate surface area is 120 Å². The molecule has 1 rings (SSSR count). The molecule has 0 saturated heterocycles. The van der Waals surface area contributed by atoms with Gasteiger partial charge in [0.05, 0.1) is 6.54 Å². The molecule has 4 nitrogen and oxygen atoms in total. The highest BCUT2D eigenvalue weighted by atomic mass is 16.5. The number of amides is 1. The van der Waals surface area contributed by atoms with Crippen LogP contribution in [0.5, 0.6) is 0 Å². The van der Waals surface area contributed by atoms with Crippen molar-refractivity contribution in [1.82, 2.24) is 4.90 Å². The highest BCUT2D eigenvalue weighted by Gasteiger charge is 2.10. The van der Waals surface area contributed by atoms with E-state index < -0.39 is 0 Å². The van der Waals surface area contributed by atoms with Crippen LogP contribution in [0.1, 0.15) is 24.0 Å². The molecule has 0 aliphatic carbocycles. The number of hydrogen-bond donors (Lipinski definition) is 1. The number of hydrogen-bond acceptors (Lipinski definition) is 3. The first-order chi connectivity index (χ1) is 9.69. The van der Waals surface area contributed by atoms with Gasteiger partial charge in [0.25, 0.3) is 0 Å². The molecule has 0 aliphatic heterocycles. The summed E-state index contributed by atoms with van der Waals surface area (Å²) < 4.78 is 4.95. The summed E-state index contributed by atoms with van der Waals surface area (Å²) in [5, 5.41) is 0. The van der Waals surface area contributed by atoms with Gasteiger partial charge >= 0.3 is 0 Å². The van der Waals surface area contributed by atoms with Gasteiger partial charge in [-0.15, -0.1) is 0 Å². The van der Waals surface area contributed by atoms with Crippen LogP contribution in [0.3, 0.4) is 0 Å². The lowest BCUT2D eigenvalue weighted by Gasteiger charge is -2.18. The first-order valence-electron chi connectivity index (χ1n) is 6.68. The van der Waals surface area contributed by atoms with Crippen molar-refractivity contribution in [2.75, 3.05) is 27.3 Å². The largest absolute Gasteiger partial charge is 0.385 e. The molecule has 1 aromatic rings. The standard InChI is InChI=1S/C16H22N2O2/c1-18(16(19)10-6-12-20-2)13-15-8-4-3-7-14(15)9-5-11-17/h3-4,7-8H,6,10-13,17H2,1-2H3. The normalized spacial score (nSPS) is 9.75. The second kappa shape index (κ2) is 9.13. The van der Waals surface area contributed by atoms with Crippen LogP contribution < -0.4 is 5.73 Å². The molecule has 0 radical (unpaired) electrons. The molecule has 2 N–H and O–H groups in total. The lowest BCUT2D eigenvalue weighted by molar-refractivity contribution is -0.130. The third-order valence-electron chi connectivity index (χ3n) is 2.91. The number of carbonyl (C=O) groups excluding carboxylic acids is 1. The van der Waals surface area contributed by atoms with E-state index in [4.69, 9.17) is 10.5 Å². The Hall–Kier alpha value is -1.83. The zero-order valence-electron chi connectivity index (χ0n) is 12.2. The molecule has 20 heavy (non-hydrogen) atoms. The maximum atomic E-state index is 12.0. The molecule has 0 fully saturated rings. The molecule has 0 bridgehead atoms. The van der Waals surface area contributed by atoms with E-state index in [0.717, 1.165) is 17.5 Å². The van der Waals surface area contributed by atoms with Crippen molar-refractivity contribution in [3.05, 3.63) is 35.4 Å². The van der Waals surface area contributed by atoms with E-state index in [1.807, 2.05) is 31.3 Å². The fraction of sp³-hybridized carbons (Fsp3) is 0.438. The number of rotatable bonds is 6. The number of ether oxygens (including phenoxy) is 1. The predicted molar refractivity (Wildman–Crippen MR) is 80.0 cm³/mol. The Morgan fingerprint density at radius 2 is 2.15 bits per heavy atom. The maximum absolute atomic E-state index is 12.0. The van der Waals surface area contributed by atoms with Crippen LogP contribution in [0, 0.1) is 11.8 Å². The van der Waals surface area contributed by atoms with Crippen molar-refractivity contribution < 1.29 is 9.53 Å². The highest BCUT2D eigenvalue weighted by Crippen LogP contribution is 2.11. The summed E-state index contributed by atoms with van der Waals surface area (Å²) in [4.78, 5) is 13.7. The van der Waals surface area contributed by atoms with E-state index in [0.29, 0.717) is 26.1 Å². The van der Waals surface area contributed by atoms with Gasteiger partial charge in [-0.05, 0) is 18.1 Å². The number of methoxy groups -OCH3 is 1. The number of nitrogens with zero attached hydrogens (tertiary/aromatic N) is 1.